The van der Waals surface area contributed by atoms with E-state index in [2.05, 4.69) is 5.32 Å². The van der Waals surface area contributed by atoms with Gasteiger partial charge in [0, 0.05) is 26.6 Å². The van der Waals surface area contributed by atoms with Gasteiger partial charge in [-0.2, -0.15) is 0 Å². The topological polar surface area (TPSA) is 71.8 Å². The SMILES string of the molecule is CN(C[C@@H]1CCCO1)C(=O)C(Cc1ccccc1)NC(=O)c1ccco1. The van der Waals surface area contributed by atoms with Gasteiger partial charge in [0.15, 0.2) is 5.76 Å². The molecule has 0 saturated carbocycles. The maximum Gasteiger partial charge on any atom is 0.287 e. The first-order valence-corrected chi connectivity index (χ1v) is 8.88. The van der Waals surface area contributed by atoms with Crippen LogP contribution >= 0.6 is 0 Å². The molecule has 2 amide bonds. The number of carbonyl (C=O) groups is 2. The number of ether oxygens (including phenoxy) is 1. The fraction of sp³-hybridized carbons (Fsp3) is 0.400. The molecule has 6 heteroatoms. The third-order valence-electron chi connectivity index (χ3n) is 4.51. The second-order valence-electron chi connectivity index (χ2n) is 6.55. The van der Waals surface area contributed by atoms with Crippen molar-refractivity contribution < 1.29 is 18.7 Å². The molecule has 2 atom stereocenters. The molecule has 2 heterocycles. The lowest BCUT2D eigenvalue weighted by Crippen LogP contribution is -2.50. The number of furan rings is 1. The molecular weight excluding hydrogens is 332 g/mol. The van der Waals surface area contributed by atoms with E-state index >= 15 is 0 Å². The van der Waals surface area contributed by atoms with Crippen LogP contribution in [-0.2, 0) is 16.0 Å². The molecule has 0 bridgehead atoms. The summed E-state index contributed by atoms with van der Waals surface area (Å²) in [5.74, 6) is -0.336. The lowest BCUT2D eigenvalue weighted by molar-refractivity contribution is -0.133. The predicted octanol–water partition coefficient (Wildman–Crippen LogP) is 2.26. The zero-order valence-corrected chi connectivity index (χ0v) is 14.9. The summed E-state index contributed by atoms with van der Waals surface area (Å²) in [7, 11) is 1.75. The van der Waals surface area contributed by atoms with Crippen LogP contribution < -0.4 is 5.32 Å². The van der Waals surface area contributed by atoms with E-state index in [9.17, 15) is 9.59 Å². The average Bonchev–Trinajstić information content (AvgIpc) is 3.35. The average molecular weight is 356 g/mol. The molecule has 0 spiro atoms. The van der Waals surface area contributed by atoms with Gasteiger partial charge in [-0.05, 0) is 30.5 Å². The van der Waals surface area contributed by atoms with Crippen molar-refractivity contribution >= 4 is 11.8 Å². The molecule has 1 aliphatic heterocycles. The number of hydrogen-bond donors (Lipinski definition) is 1. The minimum Gasteiger partial charge on any atom is -0.459 e. The highest BCUT2D eigenvalue weighted by atomic mass is 16.5. The molecule has 1 aromatic heterocycles. The molecule has 2 aromatic rings. The molecule has 1 fully saturated rings. The van der Waals surface area contributed by atoms with E-state index in [1.807, 2.05) is 30.3 Å². The van der Waals surface area contributed by atoms with Gasteiger partial charge in [-0.1, -0.05) is 30.3 Å². The molecule has 3 rings (SSSR count). The van der Waals surface area contributed by atoms with Crippen molar-refractivity contribution in [3.8, 4) is 0 Å². The highest BCUT2D eigenvalue weighted by Gasteiger charge is 2.28. The van der Waals surface area contributed by atoms with Crippen LogP contribution in [0.2, 0.25) is 0 Å². The largest absolute Gasteiger partial charge is 0.459 e. The number of amides is 2. The number of nitrogens with zero attached hydrogens (tertiary/aromatic N) is 1. The van der Waals surface area contributed by atoms with E-state index in [0.29, 0.717) is 13.0 Å². The van der Waals surface area contributed by atoms with Gasteiger partial charge >= 0.3 is 0 Å². The zero-order chi connectivity index (χ0) is 18.4. The summed E-state index contributed by atoms with van der Waals surface area (Å²) in [5, 5.41) is 2.81. The molecule has 0 aliphatic carbocycles. The van der Waals surface area contributed by atoms with Gasteiger partial charge in [-0.25, -0.2) is 0 Å². The van der Waals surface area contributed by atoms with Gasteiger partial charge in [0.1, 0.15) is 6.04 Å². The Morgan fingerprint density at radius 2 is 2.04 bits per heavy atom. The third kappa shape index (κ3) is 4.73. The lowest BCUT2D eigenvalue weighted by atomic mass is 10.0. The second kappa shape index (κ2) is 8.67. The normalized spacial score (nSPS) is 17.7. The Balaban J connectivity index is 1.70. The van der Waals surface area contributed by atoms with Crippen molar-refractivity contribution in [1.82, 2.24) is 10.2 Å². The Hall–Kier alpha value is -2.60. The standard InChI is InChI=1S/C20H24N2O4/c1-22(14-16-9-5-11-25-16)20(24)17(13-15-7-3-2-4-8-15)21-19(23)18-10-6-12-26-18/h2-4,6-8,10,12,16-17H,5,9,11,13-14H2,1H3,(H,21,23)/t16-,17?/m0/s1. The summed E-state index contributed by atoms with van der Waals surface area (Å²) >= 11 is 0. The van der Waals surface area contributed by atoms with E-state index in [1.54, 1.807) is 24.1 Å². The molecule has 1 unspecified atom stereocenters. The molecule has 1 aliphatic rings. The molecule has 0 radical (unpaired) electrons. The van der Waals surface area contributed by atoms with Crippen LogP contribution in [0.1, 0.15) is 29.0 Å². The fourth-order valence-corrected chi connectivity index (χ4v) is 3.14. The summed E-state index contributed by atoms with van der Waals surface area (Å²) in [6.07, 6.45) is 3.91. The Labute approximate surface area is 153 Å². The fourth-order valence-electron chi connectivity index (χ4n) is 3.14. The van der Waals surface area contributed by atoms with Crippen LogP contribution in [0.4, 0.5) is 0 Å². The molecule has 138 valence electrons. The number of likely N-dealkylation sites (N-methyl/N-ethyl adjacent to an activating group) is 1. The number of nitrogens with one attached hydrogen (secondary N) is 1. The van der Waals surface area contributed by atoms with Crippen molar-refractivity contribution in [3.63, 3.8) is 0 Å². The van der Waals surface area contributed by atoms with Gasteiger partial charge in [0.25, 0.3) is 5.91 Å². The summed E-state index contributed by atoms with van der Waals surface area (Å²) in [6.45, 7) is 1.27. The predicted molar refractivity (Wildman–Crippen MR) is 96.7 cm³/mol. The van der Waals surface area contributed by atoms with Crippen molar-refractivity contribution in [2.24, 2.45) is 0 Å². The minimum absolute atomic E-state index is 0.0714. The Kier molecular flexibility index (Phi) is 6.07. The molecule has 1 aromatic carbocycles. The Morgan fingerprint density at radius 3 is 2.69 bits per heavy atom. The van der Waals surface area contributed by atoms with E-state index in [4.69, 9.17) is 9.15 Å². The van der Waals surface area contributed by atoms with E-state index < -0.39 is 11.9 Å². The quantitative estimate of drug-likeness (QED) is 0.826. The van der Waals surface area contributed by atoms with Gasteiger partial charge < -0.3 is 19.4 Å². The molecular formula is C20H24N2O4. The van der Waals surface area contributed by atoms with Gasteiger partial charge in [-0.3, -0.25) is 9.59 Å². The number of carbonyl (C=O) groups excluding carboxylic acids is 2. The Bertz CT molecular complexity index is 709. The number of benzene rings is 1. The van der Waals surface area contributed by atoms with E-state index in [0.717, 1.165) is 25.0 Å². The Morgan fingerprint density at radius 1 is 1.23 bits per heavy atom. The number of hydrogen-bond acceptors (Lipinski definition) is 4. The van der Waals surface area contributed by atoms with Gasteiger partial charge in [0.2, 0.25) is 5.91 Å². The van der Waals surface area contributed by atoms with Crippen LogP contribution in [0.15, 0.2) is 53.1 Å². The monoisotopic (exact) mass is 356 g/mol. The van der Waals surface area contributed by atoms with Crippen LogP contribution in [0, 0.1) is 0 Å². The maximum absolute atomic E-state index is 13.0. The van der Waals surface area contributed by atoms with Crippen LogP contribution in [-0.4, -0.2) is 49.1 Å². The van der Waals surface area contributed by atoms with Crippen molar-refractivity contribution in [1.29, 1.82) is 0 Å². The van der Waals surface area contributed by atoms with Crippen molar-refractivity contribution in [2.45, 2.75) is 31.4 Å². The van der Waals surface area contributed by atoms with Crippen LogP contribution in [0.5, 0.6) is 0 Å². The molecule has 26 heavy (non-hydrogen) atoms. The maximum atomic E-state index is 13.0. The van der Waals surface area contributed by atoms with Gasteiger partial charge in [0.05, 0.1) is 12.4 Å². The lowest BCUT2D eigenvalue weighted by Gasteiger charge is -2.26. The minimum atomic E-state index is -0.665. The van der Waals surface area contributed by atoms with Crippen LogP contribution in [0.3, 0.4) is 0 Å². The molecule has 1 N–H and O–H groups in total. The highest BCUT2D eigenvalue weighted by Crippen LogP contribution is 2.14. The first-order chi connectivity index (χ1) is 12.6. The zero-order valence-electron chi connectivity index (χ0n) is 14.9. The summed E-state index contributed by atoms with van der Waals surface area (Å²) in [5.41, 5.74) is 0.983. The summed E-state index contributed by atoms with van der Waals surface area (Å²) in [4.78, 5) is 27.0. The van der Waals surface area contributed by atoms with Crippen LogP contribution in [0.25, 0.3) is 0 Å². The first kappa shape index (κ1) is 18.2. The van der Waals surface area contributed by atoms with Gasteiger partial charge in [-0.15, -0.1) is 0 Å². The molecule has 6 nitrogen and oxygen atoms in total. The smallest absolute Gasteiger partial charge is 0.287 e. The number of rotatable bonds is 7. The van der Waals surface area contributed by atoms with E-state index in [1.165, 1.54) is 6.26 Å². The molecule has 1 saturated heterocycles. The van der Waals surface area contributed by atoms with Crippen molar-refractivity contribution in [2.75, 3.05) is 20.2 Å². The van der Waals surface area contributed by atoms with Crippen molar-refractivity contribution in [3.05, 3.63) is 60.1 Å². The highest BCUT2D eigenvalue weighted by molar-refractivity contribution is 5.95. The summed E-state index contributed by atoms with van der Waals surface area (Å²) < 4.78 is 10.8. The van der Waals surface area contributed by atoms with E-state index in [-0.39, 0.29) is 17.8 Å². The second-order valence-corrected chi connectivity index (χ2v) is 6.55. The third-order valence-corrected chi connectivity index (χ3v) is 4.51. The summed E-state index contributed by atoms with van der Waals surface area (Å²) in [6, 6.07) is 12.2. The first-order valence-electron chi connectivity index (χ1n) is 8.88.